The number of hydrogen-bond acceptors (Lipinski definition) is 9. The van der Waals surface area contributed by atoms with Crippen LogP contribution in [0.5, 0.6) is 11.5 Å². The minimum absolute atomic E-state index is 0.0206. The molecule has 1 aromatic heterocycles. The molecule has 0 bridgehead atoms. The molecule has 6 rings (SSSR count). The van der Waals surface area contributed by atoms with E-state index in [4.69, 9.17) is 18.9 Å². The SMILES string of the molecule is CCC(C[C@H]1CC[C@@H](OC(c2ccc(OC)cc2)c2ccc3c(c2)N(CCCOC)CCO3)CN1S(=O)(=O)c1ccc(C)cc1)n1cncn1. The first-order chi connectivity index (χ1) is 24.3. The Balaban J connectivity index is 1.32. The van der Waals surface area contributed by atoms with Gasteiger partial charge >= 0.3 is 0 Å². The van der Waals surface area contributed by atoms with Gasteiger partial charge in [-0.2, -0.15) is 9.40 Å². The molecule has 0 saturated carbocycles. The van der Waals surface area contributed by atoms with Crippen molar-refractivity contribution in [3.05, 3.63) is 96.1 Å². The van der Waals surface area contributed by atoms with Gasteiger partial charge in [-0.1, -0.05) is 42.8 Å². The van der Waals surface area contributed by atoms with Crippen LogP contribution >= 0.6 is 0 Å². The van der Waals surface area contributed by atoms with Gasteiger partial charge in [-0.15, -0.1) is 0 Å². The van der Waals surface area contributed by atoms with Crippen LogP contribution in [0.2, 0.25) is 0 Å². The number of benzene rings is 3. The van der Waals surface area contributed by atoms with Crippen LogP contribution in [-0.4, -0.2) is 86.7 Å². The quantitative estimate of drug-likeness (QED) is 0.134. The summed E-state index contributed by atoms with van der Waals surface area (Å²) in [4.78, 5) is 6.78. The first-order valence-electron chi connectivity index (χ1n) is 17.5. The first-order valence-corrected chi connectivity index (χ1v) is 19.0. The molecule has 4 atom stereocenters. The Labute approximate surface area is 296 Å². The highest BCUT2D eigenvalue weighted by molar-refractivity contribution is 7.89. The highest BCUT2D eigenvalue weighted by atomic mass is 32.2. The first kappa shape index (κ1) is 35.8. The van der Waals surface area contributed by atoms with Crippen molar-refractivity contribution in [1.82, 2.24) is 19.1 Å². The summed E-state index contributed by atoms with van der Waals surface area (Å²) < 4.78 is 56.2. The Kier molecular flexibility index (Phi) is 11.7. The van der Waals surface area contributed by atoms with Gasteiger partial charge in [0.1, 0.15) is 36.9 Å². The Morgan fingerprint density at radius 3 is 2.48 bits per heavy atom. The van der Waals surface area contributed by atoms with E-state index in [1.807, 2.05) is 54.1 Å². The Hall–Kier alpha value is -3.97. The van der Waals surface area contributed by atoms with Crippen molar-refractivity contribution in [1.29, 1.82) is 0 Å². The zero-order valence-corrected chi connectivity index (χ0v) is 30.3. The van der Waals surface area contributed by atoms with Crippen LogP contribution in [0.25, 0.3) is 0 Å². The minimum atomic E-state index is -3.83. The van der Waals surface area contributed by atoms with Crippen LogP contribution in [0.15, 0.2) is 84.3 Å². The van der Waals surface area contributed by atoms with Gasteiger partial charge in [-0.05, 0) is 86.6 Å². The number of hydrogen-bond donors (Lipinski definition) is 0. The maximum absolute atomic E-state index is 14.4. The normalized spacial score (nSPS) is 19.4. The Morgan fingerprint density at radius 2 is 1.78 bits per heavy atom. The molecule has 0 N–H and O–H groups in total. The number of aryl methyl sites for hydroxylation is 1. The van der Waals surface area contributed by atoms with Crippen molar-refractivity contribution in [2.24, 2.45) is 0 Å². The molecule has 4 aromatic rings. The van der Waals surface area contributed by atoms with E-state index in [2.05, 4.69) is 34.0 Å². The fourth-order valence-corrected chi connectivity index (χ4v) is 8.73. The van der Waals surface area contributed by atoms with Crippen molar-refractivity contribution >= 4 is 15.7 Å². The number of fused-ring (bicyclic) bond motifs is 1. The van der Waals surface area contributed by atoms with Gasteiger partial charge in [0.2, 0.25) is 10.0 Å². The number of piperidine rings is 1. The molecule has 0 amide bonds. The molecule has 0 spiro atoms. The third kappa shape index (κ3) is 8.15. The summed E-state index contributed by atoms with van der Waals surface area (Å²) in [5.41, 5.74) is 3.97. The summed E-state index contributed by atoms with van der Waals surface area (Å²) in [6.45, 7) is 7.25. The predicted molar refractivity (Wildman–Crippen MR) is 192 cm³/mol. The summed E-state index contributed by atoms with van der Waals surface area (Å²) in [6, 6.07) is 21.0. The summed E-state index contributed by atoms with van der Waals surface area (Å²) in [6.07, 6.45) is 6.15. The van der Waals surface area contributed by atoms with Crippen molar-refractivity contribution in [2.75, 3.05) is 52.0 Å². The van der Waals surface area contributed by atoms with E-state index in [9.17, 15) is 8.42 Å². The third-order valence-corrected chi connectivity index (χ3v) is 11.8. The predicted octanol–water partition coefficient (Wildman–Crippen LogP) is 6.20. The van der Waals surface area contributed by atoms with Crippen LogP contribution in [0.3, 0.4) is 0 Å². The van der Waals surface area contributed by atoms with E-state index in [0.717, 1.165) is 59.8 Å². The van der Waals surface area contributed by atoms with E-state index < -0.39 is 16.1 Å². The topological polar surface area (TPSA) is 108 Å². The minimum Gasteiger partial charge on any atom is -0.497 e. The molecule has 0 aliphatic carbocycles. The lowest BCUT2D eigenvalue weighted by Gasteiger charge is -2.41. The molecular weight excluding hydrogens is 655 g/mol. The van der Waals surface area contributed by atoms with Gasteiger partial charge in [0.15, 0.2) is 0 Å². The Morgan fingerprint density at radius 1 is 1.00 bits per heavy atom. The monoisotopic (exact) mass is 703 g/mol. The second kappa shape index (κ2) is 16.4. The standard InChI is InChI=1S/C38H49N5O6S/c1-5-31(42-27-39-26-40-42)24-32-12-15-34(25-43(32)50(44,45)35-16-7-28(2)8-17-35)49-38(29-9-13-33(47-4)14-10-29)30-11-18-37-36(23-30)41(20-22-48-37)19-6-21-46-3/h7-11,13-14,16-18,23,26-27,31-32,34,38H,5-6,12,15,19-22,24-25H2,1-4H3/t31?,32-,34-,38?/m1/s1. The van der Waals surface area contributed by atoms with Gasteiger partial charge in [0.25, 0.3) is 0 Å². The lowest BCUT2D eigenvalue weighted by molar-refractivity contribution is -0.0310. The van der Waals surface area contributed by atoms with E-state index in [1.165, 1.54) is 6.33 Å². The van der Waals surface area contributed by atoms with E-state index in [-0.39, 0.29) is 29.6 Å². The van der Waals surface area contributed by atoms with E-state index in [1.54, 1.807) is 37.0 Å². The number of ether oxygens (including phenoxy) is 4. The zero-order valence-electron chi connectivity index (χ0n) is 29.5. The van der Waals surface area contributed by atoms with Gasteiger partial charge in [0.05, 0.1) is 36.4 Å². The molecule has 1 fully saturated rings. The van der Waals surface area contributed by atoms with Crippen LogP contribution in [0.1, 0.15) is 67.9 Å². The van der Waals surface area contributed by atoms with Crippen molar-refractivity contribution in [2.45, 2.75) is 75.1 Å². The van der Waals surface area contributed by atoms with Gasteiger partial charge < -0.3 is 23.8 Å². The second-order valence-corrected chi connectivity index (χ2v) is 15.0. The largest absolute Gasteiger partial charge is 0.497 e. The molecule has 3 aromatic carbocycles. The van der Waals surface area contributed by atoms with Crippen molar-refractivity contribution in [3.63, 3.8) is 0 Å². The molecule has 1 saturated heterocycles. The summed E-state index contributed by atoms with van der Waals surface area (Å²) >= 11 is 0. The molecule has 11 nitrogen and oxygen atoms in total. The third-order valence-electron chi connectivity index (χ3n) is 9.84. The lowest BCUT2D eigenvalue weighted by Crippen LogP contribution is -2.50. The number of rotatable bonds is 15. The fraction of sp³-hybridized carbons (Fsp3) is 0.474. The van der Waals surface area contributed by atoms with Crippen LogP contribution in [0.4, 0.5) is 5.69 Å². The maximum Gasteiger partial charge on any atom is 0.243 e. The van der Waals surface area contributed by atoms with Gasteiger partial charge in [-0.3, -0.25) is 0 Å². The number of anilines is 1. The lowest BCUT2D eigenvalue weighted by atomic mass is 9.94. The second-order valence-electron chi connectivity index (χ2n) is 13.1. The molecule has 268 valence electrons. The molecule has 2 aliphatic heterocycles. The maximum atomic E-state index is 14.4. The van der Waals surface area contributed by atoms with Crippen LogP contribution < -0.4 is 14.4 Å². The average Bonchev–Trinajstić information content (AvgIpc) is 3.68. The molecule has 3 heterocycles. The number of sulfonamides is 1. The summed E-state index contributed by atoms with van der Waals surface area (Å²) in [5.74, 6) is 1.60. The van der Waals surface area contributed by atoms with E-state index >= 15 is 0 Å². The van der Waals surface area contributed by atoms with E-state index in [0.29, 0.717) is 32.5 Å². The van der Waals surface area contributed by atoms with Crippen molar-refractivity contribution in [3.8, 4) is 11.5 Å². The molecule has 2 unspecified atom stereocenters. The molecule has 50 heavy (non-hydrogen) atoms. The zero-order chi connectivity index (χ0) is 35.1. The number of nitrogens with zero attached hydrogens (tertiary/aromatic N) is 5. The van der Waals surface area contributed by atoms with Crippen molar-refractivity contribution < 1.29 is 27.4 Å². The van der Waals surface area contributed by atoms with Crippen LogP contribution in [-0.2, 0) is 19.5 Å². The van der Waals surface area contributed by atoms with Crippen LogP contribution in [0, 0.1) is 6.92 Å². The molecule has 2 aliphatic rings. The number of aromatic nitrogens is 3. The highest BCUT2D eigenvalue weighted by Gasteiger charge is 2.40. The molecular formula is C38H49N5O6S. The van der Waals surface area contributed by atoms with Gasteiger partial charge in [-0.25, -0.2) is 18.1 Å². The van der Waals surface area contributed by atoms with Gasteiger partial charge in [0, 0.05) is 32.8 Å². The Bertz CT molecular complexity index is 1770. The molecule has 12 heteroatoms. The fourth-order valence-electron chi connectivity index (χ4n) is 7.04. The number of methoxy groups -OCH3 is 2. The highest BCUT2D eigenvalue weighted by Crippen LogP contribution is 2.40. The summed E-state index contributed by atoms with van der Waals surface area (Å²) in [5, 5.41) is 4.38. The summed E-state index contributed by atoms with van der Waals surface area (Å²) in [7, 11) is -0.455. The smallest absolute Gasteiger partial charge is 0.243 e. The average molecular weight is 704 g/mol. The molecule has 0 radical (unpaired) electrons.